The zero-order valence-electron chi connectivity index (χ0n) is 17.3. The molecule has 7 nitrogen and oxygen atoms in total. The van der Waals surface area contributed by atoms with Crippen LogP contribution in [0.3, 0.4) is 0 Å². The molecule has 1 aliphatic heterocycles. The number of anilines is 2. The molecule has 0 unspecified atom stereocenters. The van der Waals surface area contributed by atoms with Crippen LogP contribution < -0.4 is 10.6 Å². The van der Waals surface area contributed by atoms with Gasteiger partial charge in [-0.3, -0.25) is 9.59 Å². The van der Waals surface area contributed by atoms with Crippen LogP contribution in [-0.2, 0) is 14.3 Å². The zero-order chi connectivity index (χ0) is 21.5. The number of carbonyl (C=O) groups excluding carboxylic acids is 3. The van der Waals surface area contributed by atoms with Crippen molar-refractivity contribution in [2.24, 2.45) is 5.92 Å². The lowest BCUT2D eigenvalue weighted by Crippen LogP contribution is -2.43. The van der Waals surface area contributed by atoms with Crippen LogP contribution in [0.25, 0.3) is 0 Å². The molecule has 1 fully saturated rings. The van der Waals surface area contributed by atoms with Crippen molar-refractivity contribution in [2.45, 2.75) is 26.7 Å². The molecular weight excluding hydrogens is 382 g/mol. The molecule has 0 spiro atoms. The maximum atomic E-state index is 12.3. The smallest absolute Gasteiger partial charge is 0.321 e. The Morgan fingerprint density at radius 2 is 1.57 bits per heavy atom. The number of carbonyl (C=O) groups is 3. The topological polar surface area (TPSA) is 87.7 Å². The number of ether oxygens (including phenoxy) is 1. The summed E-state index contributed by atoms with van der Waals surface area (Å²) in [5.41, 5.74) is 3.51. The van der Waals surface area contributed by atoms with Gasteiger partial charge in [0.1, 0.15) is 0 Å². The molecule has 0 aromatic heterocycles. The molecule has 2 N–H and O–H groups in total. The minimum Gasteiger partial charge on any atom is -0.455 e. The number of hydrogen-bond acceptors (Lipinski definition) is 4. The van der Waals surface area contributed by atoms with Crippen LogP contribution in [-0.4, -0.2) is 42.5 Å². The number of urea groups is 1. The van der Waals surface area contributed by atoms with Crippen molar-refractivity contribution in [3.63, 3.8) is 0 Å². The van der Waals surface area contributed by atoms with Gasteiger partial charge in [-0.25, -0.2) is 4.79 Å². The first-order valence-electron chi connectivity index (χ1n) is 10.1. The van der Waals surface area contributed by atoms with E-state index in [0.717, 1.165) is 16.8 Å². The Bertz CT molecular complexity index is 886. The molecule has 0 bridgehead atoms. The first kappa shape index (κ1) is 21.4. The molecule has 158 valence electrons. The van der Waals surface area contributed by atoms with Crippen molar-refractivity contribution in [1.82, 2.24) is 4.90 Å². The molecule has 0 atom stereocenters. The molecule has 2 aromatic rings. The van der Waals surface area contributed by atoms with E-state index in [1.54, 1.807) is 4.90 Å². The van der Waals surface area contributed by atoms with E-state index in [1.807, 2.05) is 62.4 Å². The fraction of sp³-hybridized carbons (Fsp3) is 0.348. The van der Waals surface area contributed by atoms with Gasteiger partial charge in [0.2, 0.25) is 0 Å². The lowest BCUT2D eigenvalue weighted by atomic mass is 9.97. The van der Waals surface area contributed by atoms with E-state index in [-0.39, 0.29) is 24.5 Å². The molecule has 2 aromatic carbocycles. The molecule has 3 amide bonds. The summed E-state index contributed by atoms with van der Waals surface area (Å²) in [6, 6.07) is 14.8. The monoisotopic (exact) mass is 409 g/mol. The van der Waals surface area contributed by atoms with Crippen molar-refractivity contribution in [2.75, 3.05) is 30.3 Å². The van der Waals surface area contributed by atoms with Crippen LogP contribution in [0, 0.1) is 19.8 Å². The third-order valence-electron chi connectivity index (χ3n) is 4.99. The zero-order valence-corrected chi connectivity index (χ0v) is 17.3. The molecule has 7 heteroatoms. The summed E-state index contributed by atoms with van der Waals surface area (Å²) >= 11 is 0. The van der Waals surface area contributed by atoms with Crippen LogP contribution in [0.2, 0.25) is 0 Å². The van der Waals surface area contributed by atoms with E-state index >= 15 is 0 Å². The van der Waals surface area contributed by atoms with Gasteiger partial charge in [0.15, 0.2) is 6.61 Å². The highest BCUT2D eigenvalue weighted by Crippen LogP contribution is 2.20. The lowest BCUT2D eigenvalue weighted by molar-refractivity contribution is -0.152. The van der Waals surface area contributed by atoms with Crippen molar-refractivity contribution >= 4 is 29.3 Å². The van der Waals surface area contributed by atoms with Crippen LogP contribution in [0.4, 0.5) is 16.2 Å². The number of rotatable bonds is 5. The van der Waals surface area contributed by atoms with E-state index in [0.29, 0.717) is 31.6 Å². The standard InChI is InChI=1S/C23H27N3O4/c1-16-12-17(2)14-20(13-16)24-21(27)15-30-22(28)18-8-10-26(11-9-18)23(29)25-19-6-4-3-5-7-19/h3-7,12-14,18H,8-11,15H2,1-2H3,(H,24,27)(H,25,29). The molecule has 0 saturated carbocycles. The number of nitrogens with zero attached hydrogens (tertiary/aromatic N) is 1. The number of para-hydroxylation sites is 1. The van der Waals surface area contributed by atoms with Crippen LogP contribution in [0.5, 0.6) is 0 Å². The normalized spacial score (nSPS) is 14.1. The Labute approximate surface area is 176 Å². The fourth-order valence-corrected chi connectivity index (χ4v) is 3.54. The molecule has 1 heterocycles. The number of benzene rings is 2. The first-order chi connectivity index (χ1) is 14.4. The summed E-state index contributed by atoms with van der Waals surface area (Å²) < 4.78 is 5.20. The van der Waals surface area contributed by atoms with Gasteiger partial charge in [0.05, 0.1) is 5.92 Å². The van der Waals surface area contributed by atoms with Crippen LogP contribution in [0.15, 0.2) is 48.5 Å². The predicted molar refractivity (Wildman–Crippen MR) is 115 cm³/mol. The number of amides is 3. The Hall–Kier alpha value is -3.35. The minimum absolute atomic E-state index is 0.180. The molecule has 0 aliphatic carbocycles. The molecular formula is C23H27N3O4. The highest BCUT2D eigenvalue weighted by molar-refractivity contribution is 5.93. The third kappa shape index (κ3) is 6.07. The van der Waals surface area contributed by atoms with Crippen molar-refractivity contribution < 1.29 is 19.1 Å². The highest BCUT2D eigenvalue weighted by Gasteiger charge is 2.28. The molecule has 1 aliphatic rings. The summed E-state index contributed by atoms with van der Waals surface area (Å²) in [5, 5.41) is 5.59. The number of nitrogens with one attached hydrogen (secondary N) is 2. The largest absolute Gasteiger partial charge is 0.455 e. The summed E-state index contributed by atoms with van der Waals surface area (Å²) in [5.74, 6) is -1.07. The lowest BCUT2D eigenvalue weighted by Gasteiger charge is -2.30. The summed E-state index contributed by atoms with van der Waals surface area (Å²) in [6.45, 7) is 4.52. The second-order valence-corrected chi connectivity index (χ2v) is 7.59. The van der Waals surface area contributed by atoms with E-state index in [2.05, 4.69) is 10.6 Å². The highest BCUT2D eigenvalue weighted by atomic mass is 16.5. The average Bonchev–Trinajstić information content (AvgIpc) is 2.72. The van der Waals surface area contributed by atoms with Crippen molar-refractivity contribution in [3.8, 4) is 0 Å². The quantitative estimate of drug-likeness (QED) is 0.737. The second kappa shape index (κ2) is 9.91. The fourth-order valence-electron chi connectivity index (χ4n) is 3.54. The summed E-state index contributed by atoms with van der Waals surface area (Å²) in [6.07, 6.45) is 1.03. The minimum atomic E-state index is -0.395. The second-order valence-electron chi connectivity index (χ2n) is 7.59. The van der Waals surface area contributed by atoms with Gasteiger partial charge in [-0.2, -0.15) is 0 Å². The van der Waals surface area contributed by atoms with Crippen LogP contribution in [0.1, 0.15) is 24.0 Å². The maximum Gasteiger partial charge on any atom is 0.321 e. The number of likely N-dealkylation sites (tertiary alicyclic amines) is 1. The predicted octanol–water partition coefficient (Wildman–Crippen LogP) is 3.73. The molecule has 1 saturated heterocycles. The van der Waals surface area contributed by atoms with Gasteiger partial charge in [-0.1, -0.05) is 24.3 Å². The first-order valence-corrected chi connectivity index (χ1v) is 10.1. The maximum absolute atomic E-state index is 12.3. The number of esters is 1. The van der Waals surface area contributed by atoms with Gasteiger partial charge in [-0.05, 0) is 62.1 Å². The summed E-state index contributed by atoms with van der Waals surface area (Å²) in [7, 11) is 0. The Morgan fingerprint density at radius 1 is 0.933 bits per heavy atom. The van der Waals surface area contributed by atoms with Crippen molar-refractivity contribution in [1.29, 1.82) is 0 Å². The van der Waals surface area contributed by atoms with E-state index in [9.17, 15) is 14.4 Å². The van der Waals surface area contributed by atoms with Crippen molar-refractivity contribution in [3.05, 3.63) is 59.7 Å². The summed E-state index contributed by atoms with van der Waals surface area (Å²) in [4.78, 5) is 38.4. The van der Waals surface area contributed by atoms with E-state index in [1.165, 1.54) is 0 Å². The SMILES string of the molecule is Cc1cc(C)cc(NC(=O)COC(=O)C2CCN(C(=O)Nc3ccccc3)CC2)c1. The molecule has 0 radical (unpaired) electrons. The van der Waals surface area contributed by atoms with Gasteiger partial charge < -0.3 is 20.3 Å². The number of hydrogen-bond donors (Lipinski definition) is 2. The number of aryl methyl sites for hydroxylation is 2. The average molecular weight is 409 g/mol. The van der Waals surface area contributed by atoms with Crippen LogP contribution >= 0.6 is 0 Å². The van der Waals surface area contributed by atoms with E-state index in [4.69, 9.17) is 4.74 Å². The van der Waals surface area contributed by atoms with Gasteiger partial charge >= 0.3 is 12.0 Å². The van der Waals surface area contributed by atoms with Gasteiger partial charge in [0, 0.05) is 24.5 Å². The number of piperidine rings is 1. The Kier molecular flexibility index (Phi) is 7.06. The molecule has 3 rings (SSSR count). The van der Waals surface area contributed by atoms with E-state index < -0.39 is 5.97 Å². The van der Waals surface area contributed by atoms with Gasteiger partial charge in [0.25, 0.3) is 5.91 Å². The Balaban J connectivity index is 1.40. The Morgan fingerprint density at radius 3 is 2.20 bits per heavy atom. The third-order valence-corrected chi connectivity index (χ3v) is 4.99. The van der Waals surface area contributed by atoms with Gasteiger partial charge in [-0.15, -0.1) is 0 Å². The molecule has 30 heavy (non-hydrogen) atoms.